The number of thiophene rings is 1. The fourth-order valence-electron chi connectivity index (χ4n) is 8.72. The number of unbranched alkanes of at least 4 members (excludes halogenated alkanes) is 4. The number of hydrogen-bond acceptors (Lipinski definition) is 10. The first-order chi connectivity index (χ1) is 32.5. The van der Waals surface area contributed by atoms with E-state index in [9.17, 15) is 34.5 Å². The summed E-state index contributed by atoms with van der Waals surface area (Å²) in [6, 6.07) is 25.7. The average molecular weight is 947 g/mol. The molecule has 364 valence electrons. The van der Waals surface area contributed by atoms with Gasteiger partial charge in [-0.1, -0.05) is 85.1 Å². The van der Waals surface area contributed by atoms with Crippen molar-refractivity contribution in [2.75, 3.05) is 39.3 Å². The number of β-amino-alcohol motifs (C(OH)–C–C–N with tert-alkyl or cyclic N) is 1. The molecule has 3 amide bonds. The van der Waals surface area contributed by atoms with E-state index in [1.54, 1.807) is 54.6 Å². The Morgan fingerprint density at radius 2 is 1.53 bits per heavy atom. The predicted octanol–water partition coefficient (Wildman–Crippen LogP) is 9.23. The monoisotopic (exact) mass is 946 g/mol. The number of ketones is 1. The maximum atomic E-state index is 14.0. The van der Waals surface area contributed by atoms with Crippen LogP contribution in [0.1, 0.15) is 119 Å². The van der Waals surface area contributed by atoms with Crippen LogP contribution in [0.25, 0.3) is 20.5 Å². The van der Waals surface area contributed by atoms with Crippen molar-refractivity contribution in [1.29, 1.82) is 0 Å². The maximum Gasteiger partial charge on any atom is 0.246 e. The third-order valence-corrected chi connectivity index (χ3v) is 14.0. The standard InChI is InChI=1S/C55H70N4O8S/c1-7-58(31-32-67-44-25-20-39(21-26-44)50(64)49-45-27-24-42(61)34-47(45)68-51(49)40-18-22-41(60)23-19-40)30-12-10-8-9-11-13-48(63)57-52(55(4,5)6)54(66)59-35-43(62)33-46(59)53(65)56-29-28-37-14-16-38(17-15-37)36(2)3/h14-27,34,36,43,46,52,60-62H,7-13,28-33,35H2,1-6H3,(H,56,65)(H,57,63)/t43-,46-,52+/m0/s1. The van der Waals surface area contributed by atoms with E-state index in [1.165, 1.54) is 21.8 Å². The zero-order valence-corrected chi connectivity index (χ0v) is 41.4. The molecule has 13 heteroatoms. The lowest BCUT2D eigenvalue weighted by Gasteiger charge is -2.35. The van der Waals surface area contributed by atoms with E-state index in [-0.39, 0.29) is 48.0 Å². The number of likely N-dealkylation sites (tertiary alicyclic amines) is 1. The molecule has 0 bridgehead atoms. The largest absolute Gasteiger partial charge is 0.508 e. The second-order valence-corrected chi connectivity index (χ2v) is 20.4. The molecule has 1 aliphatic heterocycles. The van der Waals surface area contributed by atoms with Gasteiger partial charge in [-0.3, -0.25) is 19.2 Å². The maximum absolute atomic E-state index is 14.0. The van der Waals surface area contributed by atoms with Crippen molar-refractivity contribution in [3.8, 4) is 27.7 Å². The number of rotatable bonds is 23. The number of carbonyl (C=O) groups excluding carboxylic acids is 4. The molecule has 5 N–H and O–H groups in total. The van der Waals surface area contributed by atoms with Gasteiger partial charge in [0.15, 0.2) is 5.78 Å². The van der Waals surface area contributed by atoms with E-state index in [1.807, 2.05) is 32.9 Å². The highest BCUT2D eigenvalue weighted by molar-refractivity contribution is 7.22. The van der Waals surface area contributed by atoms with Gasteiger partial charge in [-0.25, -0.2) is 0 Å². The normalized spacial score (nSPS) is 15.5. The number of carbonyl (C=O) groups is 4. The van der Waals surface area contributed by atoms with E-state index >= 15 is 0 Å². The Kier molecular flexibility index (Phi) is 18.2. The van der Waals surface area contributed by atoms with E-state index in [0.717, 1.165) is 71.4 Å². The molecule has 1 saturated heterocycles. The lowest BCUT2D eigenvalue weighted by molar-refractivity contribution is -0.144. The van der Waals surface area contributed by atoms with Crippen LogP contribution in [0.3, 0.4) is 0 Å². The summed E-state index contributed by atoms with van der Waals surface area (Å²) < 4.78 is 6.89. The first-order valence-electron chi connectivity index (χ1n) is 24.2. The van der Waals surface area contributed by atoms with Gasteiger partial charge in [0, 0.05) is 58.6 Å². The number of ether oxygens (including phenoxy) is 1. The fraction of sp³-hybridized carbons (Fsp3) is 0.455. The minimum atomic E-state index is -0.843. The number of nitrogens with zero attached hydrogens (tertiary/aromatic N) is 2. The van der Waals surface area contributed by atoms with E-state index in [4.69, 9.17) is 4.74 Å². The number of likely N-dealkylation sites (N-methyl/N-ethyl adjacent to an activating group) is 1. The highest BCUT2D eigenvalue weighted by atomic mass is 32.1. The van der Waals surface area contributed by atoms with Gasteiger partial charge in [0.05, 0.1) is 6.10 Å². The number of nitrogens with one attached hydrogen (secondary N) is 2. The van der Waals surface area contributed by atoms with E-state index in [0.29, 0.717) is 55.2 Å². The summed E-state index contributed by atoms with van der Waals surface area (Å²) in [6.07, 6.45) is 4.92. The molecule has 3 atom stereocenters. The number of aliphatic hydroxyl groups excluding tert-OH is 1. The molecule has 4 aromatic carbocycles. The molecule has 1 aromatic heterocycles. The van der Waals surface area contributed by atoms with Gasteiger partial charge in [0.2, 0.25) is 17.7 Å². The van der Waals surface area contributed by atoms with Gasteiger partial charge in [-0.15, -0.1) is 11.3 Å². The quantitative estimate of drug-likeness (QED) is 0.0317. The van der Waals surface area contributed by atoms with Crippen molar-refractivity contribution in [3.63, 3.8) is 0 Å². The molecule has 1 fully saturated rings. The Balaban J connectivity index is 0.889. The van der Waals surface area contributed by atoms with Gasteiger partial charge in [-0.05, 0) is 127 Å². The van der Waals surface area contributed by atoms with Crippen LogP contribution in [0.2, 0.25) is 0 Å². The molecule has 0 radical (unpaired) electrons. The van der Waals surface area contributed by atoms with Gasteiger partial charge < -0.3 is 40.5 Å². The van der Waals surface area contributed by atoms with Crippen LogP contribution in [0.15, 0.2) is 91.0 Å². The lowest BCUT2D eigenvalue weighted by Crippen LogP contribution is -2.57. The van der Waals surface area contributed by atoms with Crippen molar-refractivity contribution < 1.29 is 39.2 Å². The van der Waals surface area contributed by atoms with Crippen molar-refractivity contribution >= 4 is 44.9 Å². The Hall–Kier alpha value is -5.76. The molecular formula is C55H70N4O8S. The number of phenolic OH excluding ortho intramolecular Hbond substituents is 2. The minimum Gasteiger partial charge on any atom is -0.508 e. The summed E-state index contributed by atoms with van der Waals surface area (Å²) >= 11 is 1.43. The summed E-state index contributed by atoms with van der Waals surface area (Å²) in [5, 5.41) is 37.2. The Bertz CT molecular complexity index is 2460. The van der Waals surface area contributed by atoms with Crippen LogP contribution in [0.4, 0.5) is 0 Å². The second-order valence-electron chi connectivity index (χ2n) is 19.4. The zero-order valence-electron chi connectivity index (χ0n) is 40.6. The van der Waals surface area contributed by atoms with Crippen molar-refractivity contribution in [1.82, 2.24) is 20.4 Å². The van der Waals surface area contributed by atoms with E-state index < -0.39 is 23.6 Å². The van der Waals surface area contributed by atoms with Crippen LogP contribution in [-0.2, 0) is 20.8 Å². The smallest absolute Gasteiger partial charge is 0.246 e. The Morgan fingerprint density at radius 1 is 0.853 bits per heavy atom. The predicted molar refractivity (Wildman–Crippen MR) is 271 cm³/mol. The van der Waals surface area contributed by atoms with Crippen LogP contribution >= 0.6 is 11.3 Å². The summed E-state index contributed by atoms with van der Waals surface area (Å²) in [5.41, 5.74) is 3.65. The van der Waals surface area contributed by atoms with E-state index in [2.05, 4.69) is 60.6 Å². The number of hydrogen-bond donors (Lipinski definition) is 5. The second kappa shape index (κ2) is 24.0. The third kappa shape index (κ3) is 13.9. The van der Waals surface area contributed by atoms with Gasteiger partial charge in [-0.2, -0.15) is 0 Å². The van der Waals surface area contributed by atoms with Crippen LogP contribution in [0.5, 0.6) is 17.2 Å². The third-order valence-electron chi connectivity index (χ3n) is 12.8. The molecular weight excluding hydrogens is 877 g/mol. The molecule has 0 aliphatic carbocycles. The molecule has 0 spiro atoms. The highest BCUT2D eigenvalue weighted by Crippen LogP contribution is 2.41. The van der Waals surface area contributed by atoms with Gasteiger partial charge in [0.25, 0.3) is 0 Å². The van der Waals surface area contributed by atoms with Gasteiger partial charge in [0.1, 0.15) is 35.9 Å². The van der Waals surface area contributed by atoms with Crippen molar-refractivity contribution in [2.24, 2.45) is 5.41 Å². The fourth-order valence-corrected chi connectivity index (χ4v) is 9.95. The first kappa shape index (κ1) is 51.6. The number of phenols is 2. The minimum absolute atomic E-state index is 0.0463. The SMILES string of the molecule is CCN(CCCCCCCC(=O)N[C@H](C(=O)N1C[C@@H](O)C[C@H]1C(=O)NCCc1ccc(C(C)C)cc1)C(C)(C)C)CCOc1ccc(C(=O)c2c(-c3ccc(O)cc3)sc3cc(O)ccc23)cc1. The molecule has 2 heterocycles. The summed E-state index contributed by atoms with van der Waals surface area (Å²) in [7, 11) is 0. The highest BCUT2D eigenvalue weighted by Gasteiger charge is 2.44. The topological polar surface area (TPSA) is 169 Å². The molecule has 68 heavy (non-hydrogen) atoms. The summed E-state index contributed by atoms with van der Waals surface area (Å²) in [6.45, 7) is 15.6. The van der Waals surface area contributed by atoms with Crippen LogP contribution < -0.4 is 15.4 Å². The van der Waals surface area contributed by atoms with Crippen molar-refractivity contribution in [2.45, 2.75) is 117 Å². The van der Waals surface area contributed by atoms with Crippen molar-refractivity contribution in [3.05, 3.63) is 113 Å². The number of amides is 3. The Morgan fingerprint density at radius 3 is 2.21 bits per heavy atom. The number of aliphatic hydroxyl groups is 1. The number of fused-ring (bicyclic) bond motifs is 1. The Labute approximate surface area is 405 Å². The van der Waals surface area contributed by atoms with Crippen LogP contribution in [0, 0.1) is 5.41 Å². The number of aromatic hydroxyl groups is 2. The number of benzene rings is 4. The molecule has 0 unspecified atom stereocenters. The molecule has 6 rings (SSSR count). The molecule has 12 nitrogen and oxygen atoms in total. The van der Waals surface area contributed by atoms with Crippen LogP contribution in [-0.4, -0.2) is 106 Å². The van der Waals surface area contributed by atoms with Gasteiger partial charge >= 0.3 is 0 Å². The molecule has 5 aromatic rings. The molecule has 1 aliphatic rings. The zero-order chi connectivity index (χ0) is 49.0. The molecule has 0 saturated carbocycles. The summed E-state index contributed by atoms with van der Waals surface area (Å²) in [4.78, 5) is 59.1. The first-order valence-corrected chi connectivity index (χ1v) is 25.0. The lowest BCUT2D eigenvalue weighted by atomic mass is 9.85. The summed E-state index contributed by atoms with van der Waals surface area (Å²) in [5.74, 6) is 0.416. The average Bonchev–Trinajstić information content (AvgIpc) is 3.90.